The summed E-state index contributed by atoms with van der Waals surface area (Å²) in [5.41, 5.74) is 3.33. The zero-order valence-electron chi connectivity index (χ0n) is 12.7. The molecular formula is C16H13N7O. The van der Waals surface area contributed by atoms with E-state index in [2.05, 4.69) is 31.8 Å². The average molecular weight is 319 g/mol. The molecule has 1 amide bonds. The first kappa shape index (κ1) is 14.1. The van der Waals surface area contributed by atoms with Gasteiger partial charge in [-0.1, -0.05) is 0 Å². The molecule has 4 rings (SSSR count). The molecular weight excluding hydrogens is 306 g/mol. The number of hydrogen-bond donors (Lipinski definition) is 2. The number of nitrogens with one attached hydrogen (secondary N) is 2. The number of carbonyl (C=O) groups excluding carboxylic acids is 1. The van der Waals surface area contributed by atoms with Crippen molar-refractivity contribution < 1.29 is 4.79 Å². The standard InChI is InChI=1S/C16H13N7O/c17-4-1-5-23-16-12(8-20-23)15(18-9-19-16)21-11-2-3-13-10(6-11)7-14(24)22-13/h2-3,6,8-9H,1,5,7H2,(H,22,24)(H,18,19,21). The number of fused-ring (bicyclic) bond motifs is 2. The van der Waals surface area contributed by atoms with E-state index in [1.165, 1.54) is 6.33 Å². The zero-order chi connectivity index (χ0) is 16.5. The Labute approximate surface area is 137 Å². The second-order valence-electron chi connectivity index (χ2n) is 5.46. The quantitative estimate of drug-likeness (QED) is 0.761. The molecule has 3 heterocycles. The topological polar surface area (TPSA) is 109 Å². The van der Waals surface area contributed by atoms with Gasteiger partial charge in [0.25, 0.3) is 0 Å². The highest BCUT2D eigenvalue weighted by molar-refractivity contribution is 5.99. The van der Waals surface area contributed by atoms with Crippen molar-refractivity contribution in [2.24, 2.45) is 0 Å². The van der Waals surface area contributed by atoms with Gasteiger partial charge in [-0.2, -0.15) is 10.4 Å². The molecule has 0 unspecified atom stereocenters. The van der Waals surface area contributed by atoms with E-state index in [0.717, 1.165) is 22.3 Å². The summed E-state index contributed by atoms with van der Waals surface area (Å²) in [7, 11) is 0. The number of aromatic nitrogens is 4. The zero-order valence-corrected chi connectivity index (χ0v) is 12.7. The van der Waals surface area contributed by atoms with Gasteiger partial charge in [-0.3, -0.25) is 4.79 Å². The van der Waals surface area contributed by atoms with Crippen molar-refractivity contribution >= 4 is 34.1 Å². The summed E-state index contributed by atoms with van der Waals surface area (Å²) in [6.45, 7) is 0.489. The van der Waals surface area contributed by atoms with Crippen molar-refractivity contribution in [2.45, 2.75) is 19.4 Å². The van der Waals surface area contributed by atoms with E-state index in [1.54, 1.807) is 10.9 Å². The van der Waals surface area contributed by atoms with Crippen LogP contribution in [0, 0.1) is 11.3 Å². The van der Waals surface area contributed by atoms with Gasteiger partial charge in [0.1, 0.15) is 12.1 Å². The molecule has 2 aromatic heterocycles. The smallest absolute Gasteiger partial charge is 0.228 e. The van der Waals surface area contributed by atoms with Crippen molar-refractivity contribution in [3.8, 4) is 6.07 Å². The summed E-state index contributed by atoms with van der Waals surface area (Å²) in [6, 6.07) is 7.79. The number of carbonyl (C=O) groups is 1. The largest absolute Gasteiger partial charge is 0.340 e. The highest BCUT2D eigenvalue weighted by atomic mass is 16.1. The molecule has 0 aliphatic carbocycles. The maximum absolute atomic E-state index is 11.4. The summed E-state index contributed by atoms with van der Waals surface area (Å²) in [6.07, 6.45) is 3.91. The van der Waals surface area contributed by atoms with Gasteiger partial charge in [0.05, 0.1) is 37.0 Å². The first-order chi connectivity index (χ1) is 11.7. The van der Waals surface area contributed by atoms with Crippen LogP contribution in [0.2, 0.25) is 0 Å². The van der Waals surface area contributed by atoms with Crippen LogP contribution in [0.4, 0.5) is 17.2 Å². The van der Waals surface area contributed by atoms with Gasteiger partial charge >= 0.3 is 0 Å². The summed E-state index contributed by atoms with van der Waals surface area (Å²) >= 11 is 0. The fourth-order valence-electron chi connectivity index (χ4n) is 2.76. The van der Waals surface area contributed by atoms with Crippen molar-refractivity contribution in [1.82, 2.24) is 19.7 Å². The third-order valence-electron chi connectivity index (χ3n) is 3.86. The lowest BCUT2D eigenvalue weighted by Gasteiger charge is -2.08. The number of hydrogen-bond acceptors (Lipinski definition) is 6. The Morgan fingerprint density at radius 2 is 2.29 bits per heavy atom. The Balaban J connectivity index is 1.66. The summed E-state index contributed by atoms with van der Waals surface area (Å²) in [4.78, 5) is 20.0. The molecule has 0 bridgehead atoms. The minimum atomic E-state index is 0.00495. The fraction of sp³-hybridized carbons (Fsp3) is 0.188. The molecule has 8 heteroatoms. The van der Waals surface area contributed by atoms with Crippen molar-refractivity contribution in [2.75, 3.05) is 10.6 Å². The van der Waals surface area contributed by atoms with Gasteiger partial charge in [0, 0.05) is 11.4 Å². The lowest BCUT2D eigenvalue weighted by molar-refractivity contribution is -0.115. The van der Waals surface area contributed by atoms with Gasteiger partial charge in [0.2, 0.25) is 5.91 Å². The highest BCUT2D eigenvalue weighted by Crippen LogP contribution is 2.29. The Morgan fingerprint density at radius 1 is 1.38 bits per heavy atom. The van der Waals surface area contributed by atoms with Gasteiger partial charge < -0.3 is 10.6 Å². The van der Waals surface area contributed by atoms with Crippen LogP contribution < -0.4 is 10.6 Å². The molecule has 0 atom stereocenters. The normalized spacial score (nSPS) is 12.7. The van der Waals surface area contributed by atoms with Gasteiger partial charge in [-0.15, -0.1) is 0 Å². The van der Waals surface area contributed by atoms with Crippen molar-refractivity contribution in [1.29, 1.82) is 5.26 Å². The molecule has 0 fully saturated rings. The van der Waals surface area contributed by atoms with Crippen LogP contribution in [-0.4, -0.2) is 25.7 Å². The summed E-state index contributed by atoms with van der Waals surface area (Å²) in [5, 5.41) is 19.8. The molecule has 1 aliphatic heterocycles. The number of amides is 1. The Morgan fingerprint density at radius 3 is 3.17 bits per heavy atom. The Bertz CT molecular complexity index is 986. The van der Waals surface area contributed by atoms with Gasteiger partial charge in [-0.05, 0) is 23.8 Å². The van der Waals surface area contributed by atoms with Crippen LogP contribution in [-0.2, 0) is 17.8 Å². The van der Waals surface area contributed by atoms with E-state index in [9.17, 15) is 4.79 Å². The molecule has 0 radical (unpaired) electrons. The van der Waals surface area contributed by atoms with Gasteiger partial charge in [-0.25, -0.2) is 14.6 Å². The maximum atomic E-state index is 11.4. The molecule has 118 valence electrons. The second kappa shape index (κ2) is 5.62. The molecule has 1 aromatic carbocycles. The molecule has 3 aromatic rings. The van der Waals surface area contributed by atoms with Crippen LogP contribution >= 0.6 is 0 Å². The Hall–Kier alpha value is -3.47. The van der Waals surface area contributed by atoms with E-state index in [-0.39, 0.29) is 5.91 Å². The number of anilines is 3. The molecule has 0 saturated carbocycles. The molecule has 1 aliphatic rings. The predicted molar refractivity (Wildman–Crippen MR) is 87.6 cm³/mol. The summed E-state index contributed by atoms with van der Waals surface area (Å²) < 4.78 is 1.69. The van der Waals surface area contributed by atoms with Crippen LogP contribution in [0.15, 0.2) is 30.7 Å². The molecule has 2 N–H and O–H groups in total. The first-order valence-electron chi connectivity index (χ1n) is 7.48. The molecule has 0 spiro atoms. The third kappa shape index (κ3) is 2.42. The number of nitrogens with zero attached hydrogens (tertiary/aromatic N) is 5. The predicted octanol–water partition coefficient (Wildman–Crippen LogP) is 1.98. The average Bonchev–Trinajstić information content (AvgIpc) is 3.15. The maximum Gasteiger partial charge on any atom is 0.228 e. The minimum absolute atomic E-state index is 0.00495. The molecule has 24 heavy (non-hydrogen) atoms. The number of rotatable bonds is 4. The number of benzene rings is 1. The molecule has 8 nitrogen and oxygen atoms in total. The van der Waals surface area contributed by atoms with Crippen molar-refractivity contribution in [3.05, 3.63) is 36.3 Å². The van der Waals surface area contributed by atoms with Crippen molar-refractivity contribution in [3.63, 3.8) is 0 Å². The second-order valence-corrected chi connectivity index (χ2v) is 5.46. The lowest BCUT2D eigenvalue weighted by atomic mass is 10.1. The van der Waals surface area contributed by atoms with E-state index >= 15 is 0 Å². The minimum Gasteiger partial charge on any atom is -0.340 e. The van der Waals surface area contributed by atoms with Crippen LogP contribution in [0.5, 0.6) is 0 Å². The van der Waals surface area contributed by atoms with Crippen LogP contribution in [0.1, 0.15) is 12.0 Å². The summed E-state index contributed by atoms with van der Waals surface area (Å²) in [5.74, 6) is 0.644. The highest BCUT2D eigenvalue weighted by Gasteiger charge is 2.18. The molecule has 0 saturated heterocycles. The van der Waals surface area contributed by atoms with E-state index < -0.39 is 0 Å². The lowest BCUT2D eigenvalue weighted by Crippen LogP contribution is -2.03. The number of aryl methyl sites for hydroxylation is 1. The van der Waals surface area contributed by atoms with Gasteiger partial charge in [0.15, 0.2) is 5.65 Å². The fourth-order valence-corrected chi connectivity index (χ4v) is 2.76. The monoisotopic (exact) mass is 319 g/mol. The third-order valence-corrected chi connectivity index (χ3v) is 3.86. The number of nitriles is 1. The van der Waals surface area contributed by atoms with E-state index in [0.29, 0.717) is 30.9 Å². The SMILES string of the molecule is N#CCCn1ncc2c(Nc3ccc4c(c3)CC(=O)N4)ncnc21. The Kier molecular flexibility index (Phi) is 3.31. The van der Waals surface area contributed by atoms with E-state index in [4.69, 9.17) is 5.26 Å². The van der Waals surface area contributed by atoms with Crippen LogP contribution in [0.25, 0.3) is 11.0 Å². The first-order valence-corrected chi connectivity index (χ1v) is 7.48. The van der Waals surface area contributed by atoms with E-state index in [1.807, 2.05) is 18.2 Å². The van der Waals surface area contributed by atoms with Crippen LogP contribution in [0.3, 0.4) is 0 Å².